The molecule has 1 unspecified atom stereocenters. The third kappa shape index (κ3) is 5.02. The Balaban J connectivity index is 1.10. The highest BCUT2D eigenvalue weighted by molar-refractivity contribution is 5.83. The van der Waals surface area contributed by atoms with Crippen LogP contribution < -0.4 is 9.47 Å². The van der Waals surface area contributed by atoms with E-state index in [9.17, 15) is 4.79 Å². The van der Waals surface area contributed by atoms with Gasteiger partial charge in [0.05, 0.1) is 19.9 Å². The number of pyridine rings is 1. The van der Waals surface area contributed by atoms with Gasteiger partial charge < -0.3 is 14.4 Å². The van der Waals surface area contributed by atoms with Crippen molar-refractivity contribution in [2.75, 3.05) is 53.5 Å². The van der Waals surface area contributed by atoms with Crippen LogP contribution in [0.1, 0.15) is 36.1 Å². The van der Waals surface area contributed by atoms with Crippen LogP contribution in [0, 0.1) is 18.3 Å². The lowest BCUT2D eigenvalue weighted by Crippen LogP contribution is -2.49. The van der Waals surface area contributed by atoms with E-state index in [4.69, 9.17) is 9.47 Å². The molecule has 7 heteroatoms. The molecule has 0 bridgehead atoms. The van der Waals surface area contributed by atoms with E-state index in [1.807, 2.05) is 31.3 Å². The first-order chi connectivity index (χ1) is 17.0. The zero-order chi connectivity index (χ0) is 24.4. The summed E-state index contributed by atoms with van der Waals surface area (Å²) in [4.78, 5) is 24.8. The molecular weight excluding hydrogens is 440 g/mol. The number of benzene rings is 1. The van der Waals surface area contributed by atoms with Gasteiger partial charge in [-0.25, -0.2) is 0 Å². The molecule has 3 heterocycles. The fraction of sp³-hybridized carbons (Fsp3) is 0.571. The Morgan fingerprint density at radius 2 is 1.71 bits per heavy atom. The maximum Gasteiger partial charge on any atom is 0.226 e. The van der Waals surface area contributed by atoms with Gasteiger partial charge in [0, 0.05) is 62.5 Å². The predicted molar refractivity (Wildman–Crippen MR) is 135 cm³/mol. The molecule has 0 radical (unpaired) electrons. The van der Waals surface area contributed by atoms with Crippen molar-refractivity contribution in [1.82, 2.24) is 19.7 Å². The van der Waals surface area contributed by atoms with Crippen molar-refractivity contribution in [2.24, 2.45) is 11.3 Å². The second kappa shape index (κ2) is 10.2. The number of aromatic nitrogens is 1. The van der Waals surface area contributed by atoms with E-state index in [1.165, 1.54) is 5.56 Å². The lowest BCUT2D eigenvalue weighted by atomic mass is 9.90. The first kappa shape index (κ1) is 24.1. The Kier molecular flexibility index (Phi) is 6.98. The molecule has 35 heavy (non-hydrogen) atoms. The third-order valence-corrected chi connectivity index (χ3v) is 8.39. The maximum atomic E-state index is 13.3. The van der Waals surface area contributed by atoms with Crippen LogP contribution in [0.15, 0.2) is 36.5 Å². The van der Waals surface area contributed by atoms with Gasteiger partial charge in [-0.1, -0.05) is 12.1 Å². The van der Waals surface area contributed by atoms with Crippen molar-refractivity contribution in [2.45, 2.75) is 39.3 Å². The summed E-state index contributed by atoms with van der Waals surface area (Å²) in [7, 11) is 3.43. The smallest absolute Gasteiger partial charge is 0.226 e. The minimum atomic E-state index is 0.227. The maximum absolute atomic E-state index is 13.3. The quantitative estimate of drug-likeness (QED) is 0.608. The van der Waals surface area contributed by atoms with Gasteiger partial charge in [0.15, 0.2) is 0 Å². The zero-order valence-electron chi connectivity index (χ0n) is 21.3. The fourth-order valence-corrected chi connectivity index (χ4v) is 6.07. The number of piperidine rings is 1. The topological polar surface area (TPSA) is 58.1 Å². The average Bonchev–Trinajstić information content (AvgIpc) is 3.59. The molecule has 0 N–H and O–H groups in total. The van der Waals surface area contributed by atoms with Crippen molar-refractivity contribution < 1.29 is 14.3 Å². The minimum Gasteiger partial charge on any atom is -0.496 e. The molecule has 3 aliphatic rings. The van der Waals surface area contributed by atoms with Gasteiger partial charge in [-0.05, 0) is 62.9 Å². The Labute approximate surface area is 209 Å². The number of methoxy groups -OCH3 is 2. The Morgan fingerprint density at radius 1 is 0.971 bits per heavy atom. The number of hydrogen-bond donors (Lipinski definition) is 0. The molecule has 1 aromatic carbocycles. The van der Waals surface area contributed by atoms with E-state index in [2.05, 4.69) is 31.8 Å². The molecule has 2 aliphatic heterocycles. The molecule has 2 aromatic rings. The summed E-state index contributed by atoms with van der Waals surface area (Å²) in [5.74, 6) is 2.40. The van der Waals surface area contributed by atoms with Crippen LogP contribution in [0.5, 0.6) is 11.5 Å². The number of ether oxygens (including phenoxy) is 2. The summed E-state index contributed by atoms with van der Waals surface area (Å²) in [6.07, 6.45) is 5.14. The monoisotopic (exact) mass is 478 g/mol. The number of nitrogens with zero attached hydrogens (tertiary/aromatic N) is 4. The highest BCUT2D eigenvalue weighted by Crippen LogP contribution is 2.60. The van der Waals surface area contributed by atoms with Gasteiger partial charge in [0.2, 0.25) is 5.91 Å². The van der Waals surface area contributed by atoms with Gasteiger partial charge in [0.25, 0.3) is 0 Å². The molecule has 1 amide bonds. The first-order valence-corrected chi connectivity index (χ1v) is 12.9. The number of amides is 1. The van der Waals surface area contributed by atoms with Gasteiger partial charge in [0.1, 0.15) is 11.5 Å². The molecule has 188 valence electrons. The van der Waals surface area contributed by atoms with Gasteiger partial charge >= 0.3 is 0 Å². The predicted octanol–water partition coefficient (Wildman–Crippen LogP) is 3.35. The molecule has 1 saturated carbocycles. The Morgan fingerprint density at radius 3 is 2.37 bits per heavy atom. The van der Waals surface area contributed by atoms with Crippen molar-refractivity contribution >= 4 is 5.91 Å². The number of rotatable bonds is 7. The van der Waals surface area contributed by atoms with E-state index in [0.29, 0.717) is 5.91 Å². The third-order valence-electron chi connectivity index (χ3n) is 8.39. The van der Waals surface area contributed by atoms with E-state index in [-0.39, 0.29) is 11.3 Å². The molecule has 3 fully saturated rings. The van der Waals surface area contributed by atoms with Crippen LogP contribution in [0.2, 0.25) is 0 Å². The highest BCUT2D eigenvalue weighted by Gasteiger charge is 2.59. The molecule has 1 atom stereocenters. The SMILES string of the molecule is COc1ccc(CN2CCC3(CC2)CC3C(=O)N2CCN(Cc3ccccn3)CC2)c(OC)c1C. The number of hydrogen-bond acceptors (Lipinski definition) is 6. The number of likely N-dealkylation sites (tertiary alicyclic amines) is 1. The van der Waals surface area contributed by atoms with Crippen LogP contribution >= 0.6 is 0 Å². The summed E-state index contributed by atoms with van der Waals surface area (Å²) in [6, 6.07) is 10.2. The van der Waals surface area contributed by atoms with Crippen molar-refractivity contribution in [3.05, 3.63) is 53.3 Å². The zero-order valence-corrected chi connectivity index (χ0v) is 21.3. The largest absolute Gasteiger partial charge is 0.496 e. The highest BCUT2D eigenvalue weighted by atomic mass is 16.5. The van der Waals surface area contributed by atoms with Crippen LogP contribution in [-0.4, -0.2) is 79.1 Å². The van der Waals surface area contributed by atoms with E-state index in [1.54, 1.807) is 14.2 Å². The first-order valence-electron chi connectivity index (χ1n) is 12.9. The van der Waals surface area contributed by atoms with E-state index < -0.39 is 0 Å². The van der Waals surface area contributed by atoms with Crippen molar-refractivity contribution in [3.63, 3.8) is 0 Å². The van der Waals surface area contributed by atoms with Gasteiger partial charge in [-0.2, -0.15) is 0 Å². The Hall–Kier alpha value is -2.64. The second-order valence-corrected chi connectivity index (χ2v) is 10.4. The van der Waals surface area contributed by atoms with Gasteiger partial charge in [-0.15, -0.1) is 0 Å². The molecule has 5 rings (SSSR count). The average molecular weight is 479 g/mol. The number of carbonyl (C=O) groups excluding carboxylic acids is 1. The van der Waals surface area contributed by atoms with E-state index in [0.717, 1.165) is 94.4 Å². The summed E-state index contributed by atoms with van der Waals surface area (Å²) in [6.45, 7) is 9.39. The van der Waals surface area contributed by atoms with Crippen molar-refractivity contribution in [1.29, 1.82) is 0 Å². The standard InChI is InChI=1S/C28H38N4O3/c1-21-25(34-2)8-7-22(26(21)35-3)19-30-12-9-28(10-13-30)18-24(28)27(33)32-16-14-31(15-17-32)20-23-6-4-5-11-29-23/h4-8,11,24H,9-10,12-20H2,1-3H3. The summed E-state index contributed by atoms with van der Waals surface area (Å²) in [5.41, 5.74) is 3.59. The molecule has 2 saturated heterocycles. The normalized spacial score (nSPS) is 22.3. The lowest BCUT2D eigenvalue weighted by Gasteiger charge is -2.36. The molecule has 7 nitrogen and oxygen atoms in total. The summed E-state index contributed by atoms with van der Waals surface area (Å²) < 4.78 is 11.2. The van der Waals surface area contributed by atoms with Crippen LogP contribution in [0.3, 0.4) is 0 Å². The van der Waals surface area contributed by atoms with Crippen LogP contribution in [0.4, 0.5) is 0 Å². The summed E-state index contributed by atoms with van der Waals surface area (Å²) in [5, 5.41) is 0. The molecule has 1 aromatic heterocycles. The minimum absolute atomic E-state index is 0.227. The second-order valence-electron chi connectivity index (χ2n) is 10.4. The molecule has 1 aliphatic carbocycles. The van der Waals surface area contributed by atoms with Crippen molar-refractivity contribution in [3.8, 4) is 11.5 Å². The fourth-order valence-electron chi connectivity index (χ4n) is 6.07. The number of carbonyl (C=O) groups is 1. The number of piperazine rings is 1. The molecule has 1 spiro atoms. The van der Waals surface area contributed by atoms with Crippen LogP contribution in [0.25, 0.3) is 0 Å². The molecular formula is C28H38N4O3. The summed E-state index contributed by atoms with van der Waals surface area (Å²) >= 11 is 0. The lowest BCUT2D eigenvalue weighted by molar-refractivity contribution is -0.135. The van der Waals surface area contributed by atoms with Crippen LogP contribution in [-0.2, 0) is 17.9 Å². The Bertz CT molecular complexity index is 1030. The van der Waals surface area contributed by atoms with Gasteiger partial charge in [-0.3, -0.25) is 19.6 Å². The van der Waals surface area contributed by atoms with E-state index >= 15 is 0 Å².